The van der Waals surface area contributed by atoms with Crippen molar-refractivity contribution in [2.24, 2.45) is 5.92 Å². The fraction of sp³-hybridized carbons (Fsp3) is 0.435. The summed E-state index contributed by atoms with van der Waals surface area (Å²) >= 11 is 0. The van der Waals surface area contributed by atoms with Gasteiger partial charge in [-0.2, -0.15) is 0 Å². The number of piperidine rings is 1. The quantitative estimate of drug-likeness (QED) is 0.654. The standard InChI is InChI=1S/C23H28FN3O4S/c24-18-6-3-7-20(13-18)32(30,31)25-19-8-9-22(21(14-19)23(28)29)27-12-4-5-17(16-27)15-26-10-1-2-11-26/h3,6-9,13-14,17,25H,1-2,4-5,10-12,15-16H2,(H,28,29)/t17-/m1/s1. The number of aromatic carboxylic acids is 1. The van der Waals surface area contributed by atoms with E-state index in [1.807, 2.05) is 0 Å². The normalized spacial score (nSPS) is 19.8. The Balaban J connectivity index is 1.53. The highest BCUT2D eigenvalue weighted by atomic mass is 32.2. The van der Waals surface area contributed by atoms with Crippen LogP contribution < -0.4 is 9.62 Å². The van der Waals surface area contributed by atoms with Crippen molar-refractivity contribution in [3.63, 3.8) is 0 Å². The minimum atomic E-state index is -4.04. The lowest BCUT2D eigenvalue weighted by Gasteiger charge is -2.36. The topological polar surface area (TPSA) is 89.9 Å². The van der Waals surface area contributed by atoms with E-state index in [-0.39, 0.29) is 16.1 Å². The fourth-order valence-corrected chi connectivity index (χ4v) is 5.74. The molecule has 0 radical (unpaired) electrons. The second-order valence-electron chi connectivity index (χ2n) is 8.56. The number of halogens is 1. The Morgan fingerprint density at radius 3 is 2.59 bits per heavy atom. The number of anilines is 2. The van der Waals surface area contributed by atoms with Crippen molar-refractivity contribution in [2.45, 2.75) is 30.6 Å². The van der Waals surface area contributed by atoms with Crippen LogP contribution in [0.5, 0.6) is 0 Å². The van der Waals surface area contributed by atoms with E-state index in [9.17, 15) is 22.7 Å². The number of nitrogens with zero attached hydrogens (tertiary/aromatic N) is 2. The minimum Gasteiger partial charge on any atom is -0.478 e. The molecule has 1 atom stereocenters. The van der Waals surface area contributed by atoms with Crippen molar-refractivity contribution >= 4 is 27.4 Å². The summed E-state index contributed by atoms with van der Waals surface area (Å²) in [5, 5.41) is 9.81. The highest BCUT2D eigenvalue weighted by Crippen LogP contribution is 2.30. The Morgan fingerprint density at radius 2 is 1.88 bits per heavy atom. The second-order valence-corrected chi connectivity index (χ2v) is 10.2. The van der Waals surface area contributed by atoms with E-state index in [0.29, 0.717) is 11.6 Å². The van der Waals surface area contributed by atoms with Crippen LogP contribution in [-0.4, -0.2) is 57.1 Å². The lowest BCUT2D eigenvalue weighted by Crippen LogP contribution is -2.41. The largest absolute Gasteiger partial charge is 0.478 e. The summed E-state index contributed by atoms with van der Waals surface area (Å²) in [4.78, 5) is 16.4. The third-order valence-electron chi connectivity index (χ3n) is 6.16. The number of carboxylic acid groups (broad SMARTS) is 1. The summed E-state index contributed by atoms with van der Waals surface area (Å²) in [7, 11) is -4.04. The first-order valence-electron chi connectivity index (χ1n) is 10.9. The van der Waals surface area contributed by atoms with Gasteiger partial charge in [-0.1, -0.05) is 6.07 Å². The maximum atomic E-state index is 13.4. The van der Waals surface area contributed by atoms with E-state index < -0.39 is 21.8 Å². The molecule has 2 aromatic rings. The number of benzene rings is 2. The van der Waals surface area contributed by atoms with E-state index in [4.69, 9.17) is 0 Å². The van der Waals surface area contributed by atoms with E-state index in [2.05, 4.69) is 14.5 Å². The van der Waals surface area contributed by atoms with Gasteiger partial charge in [0.1, 0.15) is 5.82 Å². The Labute approximate surface area is 187 Å². The molecule has 2 aliphatic rings. The molecule has 172 valence electrons. The van der Waals surface area contributed by atoms with Crippen LogP contribution in [0.15, 0.2) is 47.4 Å². The molecular formula is C23H28FN3O4S. The first-order valence-corrected chi connectivity index (χ1v) is 12.4. The second kappa shape index (κ2) is 9.46. The van der Waals surface area contributed by atoms with E-state index in [1.54, 1.807) is 12.1 Å². The number of likely N-dealkylation sites (tertiary alicyclic amines) is 1. The van der Waals surface area contributed by atoms with Gasteiger partial charge in [0.15, 0.2) is 0 Å². The van der Waals surface area contributed by atoms with Gasteiger partial charge in [0, 0.05) is 25.3 Å². The SMILES string of the molecule is O=C(O)c1cc(NS(=O)(=O)c2cccc(F)c2)ccc1N1CCC[C@H](CN2CCCC2)C1. The average Bonchev–Trinajstić information content (AvgIpc) is 3.26. The van der Waals surface area contributed by atoms with Crippen LogP contribution in [-0.2, 0) is 10.0 Å². The Hall–Kier alpha value is -2.65. The molecule has 0 spiro atoms. The molecule has 32 heavy (non-hydrogen) atoms. The predicted molar refractivity (Wildman–Crippen MR) is 121 cm³/mol. The molecule has 2 fully saturated rings. The molecule has 4 rings (SSSR count). The van der Waals surface area contributed by atoms with Crippen molar-refractivity contribution in [3.05, 3.63) is 53.8 Å². The lowest BCUT2D eigenvalue weighted by molar-refractivity contribution is 0.0697. The summed E-state index contributed by atoms with van der Waals surface area (Å²) in [5.74, 6) is -1.30. The molecule has 9 heteroatoms. The smallest absolute Gasteiger partial charge is 0.337 e. The van der Waals surface area contributed by atoms with Crippen LogP contribution in [0.1, 0.15) is 36.0 Å². The van der Waals surface area contributed by atoms with Crippen LogP contribution in [0.25, 0.3) is 0 Å². The fourth-order valence-electron chi connectivity index (χ4n) is 4.66. The van der Waals surface area contributed by atoms with Crippen molar-refractivity contribution in [2.75, 3.05) is 42.3 Å². The first-order chi connectivity index (χ1) is 15.3. The average molecular weight is 462 g/mol. The molecule has 2 aliphatic heterocycles. The van der Waals surface area contributed by atoms with Gasteiger partial charge < -0.3 is 14.9 Å². The number of sulfonamides is 1. The van der Waals surface area contributed by atoms with Crippen LogP contribution in [0.3, 0.4) is 0 Å². The predicted octanol–water partition coefficient (Wildman–Crippen LogP) is 3.64. The summed E-state index contributed by atoms with van der Waals surface area (Å²) < 4.78 is 41.0. The number of hydrogen-bond acceptors (Lipinski definition) is 5. The lowest BCUT2D eigenvalue weighted by atomic mass is 9.96. The first kappa shape index (κ1) is 22.5. The zero-order valence-electron chi connectivity index (χ0n) is 17.8. The summed E-state index contributed by atoms with van der Waals surface area (Å²) in [6.07, 6.45) is 4.60. The van der Waals surface area contributed by atoms with Crippen LogP contribution in [0.4, 0.5) is 15.8 Å². The van der Waals surface area contributed by atoms with Crippen LogP contribution in [0, 0.1) is 11.7 Å². The van der Waals surface area contributed by atoms with Gasteiger partial charge in [-0.15, -0.1) is 0 Å². The maximum absolute atomic E-state index is 13.4. The van der Waals surface area contributed by atoms with Gasteiger partial charge >= 0.3 is 5.97 Å². The van der Waals surface area contributed by atoms with Crippen molar-refractivity contribution in [1.82, 2.24) is 4.90 Å². The highest BCUT2D eigenvalue weighted by Gasteiger charge is 2.26. The summed E-state index contributed by atoms with van der Waals surface area (Å²) in [5.41, 5.74) is 0.768. The Morgan fingerprint density at radius 1 is 1.09 bits per heavy atom. The zero-order valence-corrected chi connectivity index (χ0v) is 18.7. The van der Waals surface area contributed by atoms with Crippen molar-refractivity contribution < 1.29 is 22.7 Å². The van der Waals surface area contributed by atoms with Crippen LogP contribution in [0.2, 0.25) is 0 Å². The number of nitrogens with one attached hydrogen (secondary N) is 1. The van der Waals surface area contributed by atoms with Gasteiger partial charge in [0.05, 0.1) is 16.1 Å². The highest BCUT2D eigenvalue weighted by molar-refractivity contribution is 7.92. The zero-order chi connectivity index (χ0) is 22.7. The molecule has 2 N–H and O–H groups in total. The van der Waals surface area contributed by atoms with Crippen LogP contribution >= 0.6 is 0 Å². The molecular weight excluding hydrogens is 433 g/mol. The van der Waals surface area contributed by atoms with Crippen molar-refractivity contribution in [3.8, 4) is 0 Å². The van der Waals surface area contributed by atoms with Gasteiger partial charge in [-0.25, -0.2) is 17.6 Å². The number of hydrogen-bond donors (Lipinski definition) is 2. The third-order valence-corrected chi connectivity index (χ3v) is 7.54. The molecule has 0 saturated carbocycles. The van der Waals surface area contributed by atoms with Gasteiger partial charge in [0.2, 0.25) is 0 Å². The minimum absolute atomic E-state index is 0.0475. The van der Waals surface area contributed by atoms with E-state index in [0.717, 1.165) is 57.7 Å². The molecule has 0 aliphatic carbocycles. The Bertz CT molecular complexity index is 1090. The number of rotatable bonds is 7. The molecule has 7 nitrogen and oxygen atoms in total. The Kier molecular flexibility index (Phi) is 6.66. The summed E-state index contributed by atoms with van der Waals surface area (Å²) in [6, 6.07) is 9.22. The molecule has 0 unspecified atom stereocenters. The van der Waals surface area contributed by atoms with Gasteiger partial charge in [0.25, 0.3) is 10.0 Å². The van der Waals surface area contributed by atoms with Crippen molar-refractivity contribution in [1.29, 1.82) is 0 Å². The number of carboxylic acids is 1. The van der Waals surface area contributed by atoms with Gasteiger partial charge in [-0.05, 0) is 81.1 Å². The third kappa shape index (κ3) is 5.21. The molecule has 0 aromatic heterocycles. The monoisotopic (exact) mass is 461 g/mol. The molecule has 2 heterocycles. The van der Waals surface area contributed by atoms with E-state index in [1.165, 1.54) is 31.0 Å². The summed E-state index contributed by atoms with van der Waals surface area (Å²) in [6.45, 7) is 4.86. The van der Waals surface area contributed by atoms with Gasteiger partial charge in [-0.3, -0.25) is 4.72 Å². The molecule has 0 bridgehead atoms. The van der Waals surface area contributed by atoms with E-state index >= 15 is 0 Å². The molecule has 2 saturated heterocycles. The maximum Gasteiger partial charge on any atom is 0.337 e. The molecule has 2 aromatic carbocycles. The molecule has 0 amide bonds. The number of carbonyl (C=O) groups is 1.